The number of carbonyl (C=O) groups excluding carboxylic acids is 2. The zero-order valence-corrected chi connectivity index (χ0v) is 24.3. The molecule has 0 heterocycles. The van der Waals surface area contributed by atoms with Crippen LogP contribution in [0.4, 0.5) is 0 Å². The summed E-state index contributed by atoms with van der Waals surface area (Å²) in [6, 6.07) is 0. The standard InChI is InChI=1S/C31H59NO4/c1-5-6-7-8-9-10-11-12-13-14-15-16-17-18-19-20-21-22-23-24-25-26-29(33)31(36,27-30(34)35)28-32(2,3)4/h12-13,36H,5-11,14-28H2,1-4H3/b13-12-. The molecular weight excluding hydrogens is 450 g/mol. The molecule has 0 fully saturated rings. The van der Waals surface area contributed by atoms with Crippen molar-refractivity contribution in [2.75, 3.05) is 27.7 Å². The Hall–Kier alpha value is -1.20. The number of allylic oxidation sites excluding steroid dienone is 2. The SMILES string of the molecule is CCCCCCCC/C=C\CCCCCCCCCCCCCC(=O)C(O)(CC(=O)[O-])C[N+](C)(C)C. The first-order valence-electron chi connectivity index (χ1n) is 15.0. The number of Topliss-reactive ketones (excluding diaryl/α,β-unsaturated/α-hetero) is 1. The van der Waals surface area contributed by atoms with E-state index in [2.05, 4.69) is 19.1 Å². The predicted molar refractivity (Wildman–Crippen MR) is 150 cm³/mol. The molecular formula is C31H59NO4. The second-order valence-electron chi connectivity index (χ2n) is 11.9. The molecule has 0 aliphatic carbocycles. The maximum absolute atomic E-state index is 12.5. The molecule has 0 aliphatic heterocycles. The fourth-order valence-electron chi connectivity index (χ4n) is 4.92. The van der Waals surface area contributed by atoms with Gasteiger partial charge in [-0.3, -0.25) is 4.79 Å². The molecule has 1 unspecified atom stereocenters. The number of hydrogen-bond acceptors (Lipinski definition) is 4. The van der Waals surface area contributed by atoms with Crippen molar-refractivity contribution in [1.29, 1.82) is 0 Å². The Morgan fingerprint density at radius 1 is 0.694 bits per heavy atom. The van der Waals surface area contributed by atoms with Crippen LogP contribution in [0.15, 0.2) is 12.2 Å². The monoisotopic (exact) mass is 509 g/mol. The summed E-state index contributed by atoms with van der Waals surface area (Å²) in [5.74, 6) is -1.75. The largest absolute Gasteiger partial charge is 0.550 e. The Morgan fingerprint density at radius 2 is 1.08 bits per heavy atom. The van der Waals surface area contributed by atoms with Crippen molar-refractivity contribution in [3.63, 3.8) is 0 Å². The van der Waals surface area contributed by atoms with Gasteiger partial charge in [-0.2, -0.15) is 0 Å². The summed E-state index contributed by atoms with van der Waals surface area (Å²) in [7, 11) is 5.51. The van der Waals surface area contributed by atoms with E-state index in [9.17, 15) is 19.8 Å². The number of carbonyl (C=O) groups is 2. The minimum absolute atomic E-state index is 0.0791. The van der Waals surface area contributed by atoms with E-state index in [0.29, 0.717) is 10.9 Å². The molecule has 0 aliphatic rings. The highest BCUT2D eigenvalue weighted by atomic mass is 16.4. The highest BCUT2D eigenvalue weighted by Gasteiger charge is 2.40. The molecule has 0 spiro atoms. The van der Waals surface area contributed by atoms with Crippen LogP contribution < -0.4 is 5.11 Å². The summed E-state index contributed by atoms with van der Waals surface area (Å²) in [5.41, 5.74) is -1.83. The van der Waals surface area contributed by atoms with E-state index < -0.39 is 18.0 Å². The molecule has 0 aromatic carbocycles. The summed E-state index contributed by atoms with van der Waals surface area (Å²) in [6.07, 6.45) is 28.2. The number of ketones is 1. The van der Waals surface area contributed by atoms with Gasteiger partial charge in [-0.25, -0.2) is 0 Å². The van der Waals surface area contributed by atoms with Crippen LogP contribution in [0.2, 0.25) is 0 Å². The van der Waals surface area contributed by atoms with Gasteiger partial charge in [0.2, 0.25) is 0 Å². The lowest BCUT2D eigenvalue weighted by atomic mass is 9.89. The fraction of sp³-hybridized carbons (Fsp3) is 0.871. The molecule has 0 saturated carbocycles. The molecule has 5 nitrogen and oxygen atoms in total. The van der Waals surface area contributed by atoms with Gasteiger partial charge in [0, 0.05) is 18.8 Å². The van der Waals surface area contributed by atoms with Crippen LogP contribution >= 0.6 is 0 Å². The number of hydrogen-bond donors (Lipinski definition) is 1. The Bertz CT molecular complexity index is 582. The molecule has 0 bridgehead atoms. The van der Waals surface area contributed by atoms with E-state index >= 15 is 0 Å². The van der Waals surface area contributed by atoms with Crippen LogP contribution in [0.5, 0.6) is 0 Å². The summed E-state index contributed by atoms with van der Waals surface area (Å²) in [6.45, 7) is 2.35. The Balaban J connectivity index is 3.59. The molecule has 212 valence electrons. The Labute approximate surface area is 223 Å². The quantitative estimate of drug-likeness (QED) is 0.0819. The maximum atomic E-state index is 12.5. The van der Waals surface area contributed by atoms with E-state index in [-0.39, 0.29) is 18.7 Å². The molecule has 0 aromatic heterocycles. The third-order valence-electron chi connectivity index (χ3n) is 6.86. The van der Waals surface area contributed by atoms with E-state index in [0.717, 1.165) is 12.8 Å². The number of aliphatic carboxylic acids is 1. The highest BCUT2D eigenvalue weighted by molar-refractivity contribution is 5.90. The average Bonchev–Trinajstić information content (AvgIpc) is 2.78. The number of quaternary nitrogens is 1. The van der Waals surface area contributed by atoms with Crippen LogP contribution in [0.3, 0.4) is 0 Å². The van der Waals surface area contributed by atoms with Crippen molar-refractivity contribution in [3.8, 4) is 0 Å². The van der Waals surface area contributed by atoms with Gasteiger partial charge in [-0.15, -0.1) is 0 Å². The van der Waals surface area contributed by atoms with Crippen molar-refractivity contribution in [2.45, 2.75) is 147 Å². The lowest BCUT2D eigenvalue weighted by Gasteiger charge is -2.34. The van der Waals surface area contributed by atoms with Crippen LogP contribution in [0, 0.1) is 0 Å². The topological polar surface area (TPSA) is 77.4 Å². The van der Waals surface area contributed by atoms with E-state index in [1.807, 2.05) is 21.1 Å². The predicted octanol–water partition coefficient (Wildman–Crippen LogP) is 6.51. The number of unbranched alkanes of at least 4 members (excludes halogenated alkanes) is 17. The molecule has 1 atom stereocenters. The third-order valence-corrected chi connectivity index (χ3v) is 6.86. The van der Waals surface area contributed by atoms with Crippen LogP contribution in [-0.2, 0) is 9.59 Å². The number of rotatable bonds is 26. The highest BCUT2D eigenvalue weighted by Crippen LogP contribution is 2.20. The molecule has 36 heavy (non-hydrogen) atoms. The van der Waals surface area contributed by atoms with Crippen LogP contribution in [-0.4, -0.2) is 54.6 Å². The second-order valence-corrected chi connectivity index (χ2v) is 11.9. The van der Waals surface area contributed by atoms with E-state index in [1.54, 1.807) is 0 Å². The number of nitrogens with zero attached hydrogens (tertiary/aromatic N) is 1. The Kier molecular flexibility index (Phi) is 21.1. The third kappa shape index (κ3) is 22.0. The lowest BCUT2D eigenvalue weighted by molar-refractivity contribution is -0.875. The molecule has 0 saturated heterocycles. The van der Waals surface area contributed by atoms with Crippen molar-refractivity contribution >= 4 is 11.8 Å². The van der Waals surface area contributed by atoms with Gasteiger partial charge in [0.1, 0.15) is 6.54 Å². The average molecular weight is 510 g/mol. The molecule has 0 amide bonds. The fourth-order valence-corrected chi connectivity index (χ4v) is 4.92. The molecule has 1 N–H and O–H groups in total. The smallest absolute Gasteiger partial charge is 0.177 e. The summed E-state index contributed by atoms with van der Waals surface area (Å²) >= 11 is 0. The van der Waals surface area contributed by atoms with Gasteiger partial charge in [-0.1, -0.05) is 109 Å². The van der Waals surface area contributed by atoms with Crippen molar-refractivity contribution in [3.05, 3.63) is 12.2 Å². The van der Waals surface area contributed by atoms with Crippen molar-refractivity contribution in [1.82, 2.24) is 0 Å². The molecule has 0 aromatic rings. The summed E-state index contributed by atoms with van der Waals surface area (Å²) in [4.78, 5) is 23.6. The minimum atomic E-state index is -1.83. The van der Waals surface area contributed by atoms with E-state index in [4.69, 9.17) is 0 Å². The summed E-state index contributed by atoms with van der Waals surface area (Å²) in [5, 5.41) is 21.7. The van der Waals surface area contributed by atoms with Gasteiger partial charge in [0.25, 0.3) is 0 Å². The molecule has 5 heteroatoms. The summed E-state index contributed by atoms with van der Waals surface area (Å²) < 4.78 is 0.325. The number of carboxylic acid groups (broad SMARTS) is 1. The van der Waals surface area contributed by atoms with Crippen LogP contribution in [0.1, 0.15) is 142 Å². The van der Waals surface area contributed by atoms with Crippen molar-refractivity contribution in [2.24, 2.45) is 0 Å². The van der Waals surface area contributed by atoms with Gasteiger partial charge in [-0.05, 0) is 32.1 Å². The van der Waals surface area contributed by atoms with Gasteiger partial charge in [0.05, 0.1) is 21.1 Å². The van der Waals surface area contributed by atoms with Gasteiger partial charge >= 0.3 is 0 Å². The number of carboxylic acids is 1. The van der Waals surface area contributed by atoms with Crippen LogP contribution in [0.25, 0.3) is 0 Å². The first-order valence-corrected chi connectivity index (χ1v) is 15.0. The van der Waals surface area contributed by atoms with Gasteiger partial charge < -0.3 is 19.5 Å². The van der Waals surface area contributed by atoms with Gasteiger partial charge in [0.15, 0.2) is 11.4 Å². The Morgan fingerprint density at radius 3 is 1.47 bits per heavy atom. The zero-order chi connectivity index (χ0) is 27.1. The number of likely N-dealkylation sites (N-methyl/N-ethyl adjacent to an activating group) is 1. The van der Waals surface area contributed by atoms with E-state index in [1.165, 1.54) is 103 Å². The maximum Gasteiger partial charge on any atom is 0.177 e. The lowest BCUT2D eigenvalue weighted by Crippen LogP contribution is -2.56. The molecule has 0 radical (unpaired) electrons. The molecule has 0 rings (SSSR count). The number of aliphatic hydroxyl groups is 1. The second kappa shape index (κ2) is 21.8. The first kappa shape index (κ1) is 34.8. The minimum Gasteiger partial charge on any atom is -0.550 e. The van der Waals surface area contributed by atoms with Crippen molar-refractivity contribution < 1.29 is 24.3 Å². The first-order chi connectivity index (χ1) is 17.1. The zero-order valence-electron chi connectivity index (χ0n) is 24.3. The normalized spacial score (nSPS) is 13.8.